The summed E-state index contributed by atoms with van der Waals surface area (Å²) in [7, 11) is 0. The van der Waals surface area contributed by atoms with Crippen molar-refractivity contribution in [1.82, 2.24) is 9.80 Å². The van der Waals surface area contributed by atoms with Crippen LogP contribution in [0.5, 0.6) is 0 Å². The summed E-state index contributed by atoms with van der Waals surface area (Å²) in [5, 5.41) is 8.85. The van der Waals surface area contributed by atoms with Gasteiger partial charge in [0.1, 0.15) is 0 Å². The van der Waals surface area contributed by atoms with Crippen molar-refractivity contribution in [3.05, 3.63) is 35.4 Å². The van der Waals surface area contributed by atoms with Crippen molar-refractivity contribution in [2.45, 2.75) is 32.2 Å². The van der Waals surface area contributed by atoms with E-state index in [0.717, 1.165) is 25.8 Å². The highest BCUT2D eigenvalue weighted by molar-refractivity contribution is 5.95. The lowest BCUT2D eigenvalue weighted by Gasteiger charge is -2.35. The van der Waals surface area contributed by atoms with E-state index in [4.69, 9.17) is 5.26 Å². The molecule has 4 rings (SSSR count). The van der Waals surface area contributed by atoms with E-state index >= 15 is 0 Å². The zero-order chi connectivity index (χ0) is 16.4. The lowest BCUT2D eigenvalue weighted by atomic mass is 9.94. The second kappa shape index (κ2) is 6.41. The highest BCUT2D eigenvalue weighted by Gasteiger charge is 2.41. The molecule has 1 aromatic carbocycles. The summed E-state index contributed by atoms with van der Waals surface area (Å²) >= 11 is 0. The van der Waals surface area contributed by atoms with E-state index in [1.54, 1.807) is 24.3 Å². The summed E-state index contributed by atoms with van der Waals surface area (Å²) in [5.74, 6) is 0.0957. The Hall–Kier alpha value is -2.35. The number of piperidine rings is 1. The van der Waals surface area contributed by atoms with Crippen LogP contribution in [-0.4, -0.2) is 47.3 Å². The molecule has 2 bridgehead atoms. The molecule has 0 saturated carbocycles. The zero-order valence-corrected chi connectivity index (χ0v) is 13.4. The van der Waals surface area contributed by atoms with E-state index in [1.807, 2.05) is 9.80 Å². The third-order valence-electron chi connectivity index (χ3n) is 4.81. The molecule has 23 heavy (non-hydrogen) atoms. The Bertz CT molecular complexity index is 647. The second-order valence-corrected chi connectivity index (χ2v) is 6.36. The lowest BCUT2D eigenvalue weighted by molar-refractivity contribution is -0.139. The minimum Gasteiger partial charge on any atom is -0.338 e. The first-order valence-electron chi connectivity index (χ1n) is 8.24. The first-order valence-corrected chi connectivity index (χ1v) is 8.24. The molecule has 0 unspecified atom stereocenters. The van der Waals surface area contributed by atoms with E-state index in [-0.39, 0.29) is 23.8 Å². The van der Waals surface area contributed by atoms with Crippen LogP contribution in [-0.2, 0) is 4.79 Å². The van der Waals surface area contributed by atoms with Crippen molar-refractivity contribution in [2.24, 2.45) is 5.92 Å². The van der Waals surface area contributed by atoms with E-state index in [9.17, 15) is 9.59 Å². The number of carbonyl (C=O) groups excluding carboxylic acids is 2. The molecular weight excluding hydrogens is 290 g/mol. The highest BCUT2D eigenvalue weighted by Crippen LogP contribution is 2.30. The Kier molecular flexibility index (Phi) is 4.33. The van der Waals surface area contributed by atoms with Crippen LogP contribution in [0.15, 0.2) is 24.3 Å². The minimum absolute atomic E-state index is 0.0439. The molecule has 0 N–H and O–H groups in total. The van der Waals surface area contributed by atoms with Gasteiger partial charge in [-0.25, -0.2) is 0 Å². The van der Waals surface area contributed by atoms with Gasteiger partial charge in [-0.2, -0.15) is 5.26 Å². The average molecular weight is 311 g/mol. The summed E-state index contributed by atoms with van der Waals surface area (Å²) in [6.45, 7) is 3.97. The molecule has 3 aliphatic rings. The number of hydrogen-bond donors (Lipinski definition) is 0. The standard InChI is InChI=1S/C18H21N3O2/c1-2-9-21-16-8-7-15(18(21)23)11-20(12-16)17(22)14-5-3-13(10-19)4-6-14/h3-6,15-16H,2,7-9,11-12H2,1H3/t15-,16+/m1/s1. The van der Waals surface area contributed by atoms with Crippen LogP contribution in [0.2, 0.25) is 0 Å². The molecule has 2 amide bonds. The molecule has 5 nitrogen and oxygen atoms in total. The summed E-state index contributed by atoms with van der Waals surface area (Å²) in [6, 6.07) is 8.91. The molecule has 1 aromatic rings. The largest absolute Gasteiger partial charge is 0.338 e. The van der Waals surface area contributed by atoms with Crippen molar-refractivity contribution in [3.8, 4) is 6.07 Å². The predicted molar refractivity (Wildman–Crippen MR) is 85.6 cm³/mol. The van der Waals surface area contributed by atoms with Gasteiger partial charge in [-0.15, -0.1) is 0 Å². The molecule has 0 spiro atoms. The number of nitrogens with zero attached hydrogens (tertiary/aromatic N) is 3. The molecule has 0 radical (unpaired) electrons. The van der Waals surface area contributed by atoms with E-state index in [0.29, 0.717) is 24.2 Å². The van der Waals surface area contributed by atoms with Crippen LogP contribution in [0.4, 0.5) is 0 Å². The van der Waals surface area contributed by atoms with Gasteiger partial charge in [-0.3, -0.25) is 9.59 Å². The van der Waals surface area contributed by atoms with Gasteiger partial charge in [-0.1, -0.05) is 6.92 Å². The minimum atomic E-state index is -0.0670. The molecule has 0 aliphatic carbocycles. The third-order valence-corrected chi connectivity index (χ3v) is 4.81. The van der Waals surface area contributed by atoms with E-state index in [2.05, 4.69) is 13.0 Å². The first kappa shape index (κ1) is 15.5. The summed E-state index contributed by atoms with van der Waals surface area (Å²) in [5.41, 5.74) is 1.13. The highest BCUT2D eigenvalue weighted by atomic mass is 16.2. The van der Waals surface area contributed by atoms with Gasteiger partial charge in [0.25, 0.3) is 5.91 Å². The first-order chi connectivity index (χ1) is 11.1. The number of rotatable bonds is 3. The summed E-state index contributed by atoms with van der Waals surface area (Å²) < 4.78 is 0. The molecule has 5 heteroatoms. The van der Waals surface area contributed by atoms with Crippen molar-refractivity contribution >= 4 is 11.8 Å². The summed E-state index contributed by atoms with van der Waals surface area (Å²) in [4.78, 5) is 29.1. The molecule has 2 atom stereocenters. The Morgan fingerprint density at radius 2 is 2.00 bits per heavy atom. The Labute approximate surface area is 136 Å². The monoisotopic (exact) mass is 311 g/mol. The normalized spacial score (nSPS) is 23.6. The summed E-state index contributed by atoms with van der Waals surface area (Å²) in [6.07, 6.45) is 2.80. The van der Waals surface area contributed by atoms with Crippen molar-refractivity contribution in [1.29, 1.82) is 5.26 Å². The van der Waals surface area contributed by atoms with Crippen molar-refractivity contribution in [3.63, 3.8) is 0 Å². The Morgan fingerprint density at radius 1 is 1.26 bits per heavy atom. The van der Waals surface area contributed by atoms with Gasteiger partial charge in [0.15, 0.2) is 0 Å². The van der Waals surface area contributed by atoms with Gasteiger partial charge in [0.05, 0.1) is 17.6 Å². The van der Waals surface area contributed by atoms with Crippen LogP contribution in [0.25, 0.3) is 0 Å². The fraction of sp³-hybridized carbons (Fsp3) is 0.500. The molecule has 3 fully saturated rings. The predicted octanol–water partition coefficient (Wildman–Crippen LogP) is 2.03. The van der Waals surface area contributed by atoms with E-state index < -0.39 is 0 Å². The molecule has 3 aliphatic heterocycles. The van der Waals surface area contributed by atoms with Crippen molar-refractivity contribution in [2.75, 3.05) is 19.6 Å². The number of benzene rings is 1. The average Bonchev–Trinajstić information content (AvgIpc) is 2.87. The number of amides is 2. The van der Waals surface area contributed by atoms with Crippen LogP contribution >= 0.6 is 0 Å². The van der Waals surface area contributed by atoms with Gasteiger partial charge in [0.2, 0.25) is 5.91 Å². The molecule has 3 saturated heterocycles. The van der Waals surface area contributed by atoms with E-state index in [1.165, 1.54) is 0 Å². The van der Waals surface area contributed by atoms with Crippen LogP contribution in [0.3, 0.4) is 0 Å². The van der Waals surface area contributed by atoms with Crippen LogP contribution in [0, 0.1) is 17.2 Å². The van der Waals surface area contributed by atoms with Gasteiger partial charge in [0, 0.05) is 31.2 Å². The van der Waals surface area contributed by atoms with Crippen LogP contribution in [0.1, 0.15) is 42.1 Å². The number of hydrogen-bond acceptors (Lipinski definition) is 3. The maximum atomic E-state index is 12.8. The van der Waals surface area contributed by atoms with Crippen molar-refractivity contribution < 1.29 is 9.59 Å². The number of fused-ring (bicyclic) bond motifs is 4. The second-order valence-electron chi connectivity index (χ2n) is 6.36. The molecule has 3 heterocycles. The fourth-order valence-corrected chi connectivity index (χ4v) is 3.61. The smallest absolute Gasteiger partial charge is 0.253 e. The van der Waals surface area contributed by atoms with Crippen LogP contribution < -0.4 is 0 Å². The molecule has 0 aromatic heterocycles. The fourth-order valence-electron chi connectivity index (χ4n) is 3.61. The Balaban J connectivity index is 1.80. The van der Waals surface area contributed by atoms with Gasteiger partial charge in [-0.05, 0) is 43.5 Å². The lowest BCUT2D eigenvalue weighted by Crippen LogP contribution is -2.48. The molecular formula is C18H21N3O2. The quantitative estimate of drug-likeness (QED) is 0.858. The topological polar surface area (TPSA) is 64.4 Å². The third kappa shape index (κ3) is 2.94. The maximum Gasteiger partial charge on any atom is 0.253 e. The van der Waals surface area contributed by atoms with Gasteiger partial charge < -0.3 is 9.80 Å². The number of carbonyl (C=O) groups is 2. The molecule has 120 valence electrons. The Morgan fingerprint density at radius 3 is 2.65 bits per heavy atom. The maximum absolute atomic E-state index is 12.8. The number of nitriles is 1. The zero-order valence-electron chi connectivity index (χ0n) is 13.4. The SMILES string of the molecule is CCCN1C(=O)[C@@H]2CC[C@H]1CN(C(=O)c1ccc(C#N)cc1)C2. The van der Waals surface area contributed by atoms with Gasteiger partial charge >= 0.3 is 0 Å².